The summed E-state index contributed by atoms with van der Waals surface area (Å²) in [5.74, 6) is 1.21. The number of aliphatic imine (C=N–C) groups is 1. The van der Waals surface area contributed by atoms with Gasteiger partial charge in [-0.25, -0.2) is 0 Å². The third-order valence-corrected chi connectivity index (χ3v) is 4.63. The van der Waals surface area contributed by atoms with Gasteiger partial charge in [0.1, 0.15) is 0 Å². The van der Waals surface area contributed by atoms with Gasteiger partial charge in [0, 0.05) is 13.1 Å². The first-order valence-corrected chi connectivity index (χ1v) is 8.83. The second-order valence-electron chi connectivity index (χ2n) is 6.82. The Bertz CT molecular complexity index is 510. The number of hydrogen-bond acceptors (Lipinski definition) is 2. The number of rotatable bonds is 6. The van der Waals surface area contributed by atoms with Gasteiger partial charge in [-0.2, -0.15) is 0 Å². The zero-order chi connectivity index (χ0) is 16.7. The summed E-state index contributed by atoms with van der Waals surface area (Å²) in [4.78, 5) is 4.59. The Morgan fingerprint density at radius 3 is 2.42 bits per heavy atom. The molecule has 1 aromatic carbocycles. The van der Waals surface area contributed by atoms with Gasteiger partial charge in [-0.05, 0) is 38.2 Å². The summed E-state index contributed by atoms with van der Waals surface area (Å²) in [5.41, 5.74) is 2.02. The number of hydrogen-bond donors (Lipinski definition) is 3. The lowest BCUT2D eigenvalue weighted by atomic mass is 10.0. The first-order valence-electron chi connectivity index (χ1n) is 8.83. The van der Waals surface area contributed by atoms with Gasteiger partial charge in [0.05, 0.1) is 12.1 Å². The van der Waals surface area contributed by atoms with E-state index in [4.69, 9.17) is 0 Å². The number of nitrogens with zero attached hydrogens (tertiary/aromatic N) is 1. The normalized spacial score (nSPS) is 17.9. The second kappa shape index (κ2) is 10.2. The van der Waals surface area contributed by atoms with Crippen LogP contribution in [0.1, 0.15) is 56.6 Å². The van der Waals surface area contributed by atoms with Crippen LogP contribution in [0.15, 0.2) is 29.3 Å². The smallest absolute Gasteiger partial charge is 0.191 e. The van der Waals surface area contributed by atoms with Crippen LogP contribution in [0.3, 0.4) is 0 Å². The van der Waals surface area contributed by atoms with Crippen molar-refractivity contribution in [1.29, 1.82) is 0 Å². The fourth-order valence-corrected chi connectivity index (χ4v) is 3.02. The van der Waals surface area contributed by atoms with Crippen LogP contribution in [0.2, 0.25) is 0 Å². The Morgan fingerprint density at radius 1 is 1.21 bits per heavy atom. The molecule has 1 unspecified atom stereocenters. The predicted octanol–water partition coefficient (Wildman–Crippen LogP) is 3.58. The molecule has 0 saturated heterocycles. The highest BCUT2D eigenvalue weighted by Crippen LogP contribution is 2.29. The molecule has 0 radical (unpaired) electrons. The van der Waals surface area contributed by atoms with E-state index in [2.05, 4.69) is 60.7 Å². The van der Waals surface area contributed by atoms with Crippen molar-refractivity contribution < 1.29 is 5.11 Å². The van der Waals surface area contributed by atoms with Crippen LogP contribution in [-0.4, -0.2) is 36.3 Å². The van der Waals surface area contributed by atoms with Crippen molar-refractivity contribution in [3.05, 3.63) is 35.4 Å². The highest BCUT2D eigenvalue weighted by atomic mass is 127. The number of halogens is 1. The van der Waals surface area contributed by atoms with Gasteiger partial charge >= 0.3 is 0 Å². The van der Waals surface area contributed by atoms with Crippen molar-refractivity contribution in [2.45, 2.75) is 58.0 Å². The summed E-state index contributed by atoms with van der Waals surface area (Å²) in [7, 11) is 0. The number of nitrogens with one attached hydrogen (secondary N) is 2. The SMILES string of the molecule is CCNC(=NCC1(O)CCCC1)NCC(C)c1ccc(C)cc1.I. The van der Waals surface area contributed by atoms with Crippen molar-refractivity contribution >= 4 is 29.9 Å². The fourth-order valence-electron chi connectivity index (χ4n) is 3.02. The van der Waals surface area contributed by atoms with Crippen molar-refractivity contribution in [2.75, 3.05) is 19.6 Å². The number of aliphatic hydroxyl groups is 1. The Hall–Kier alpha value is -0.820. The van der Waals surface area contributed by atoms with Crippen LogP contribution in [-0.2, 0) is 0 Å². The van der Waals surface area contributed by atoms with Crippen LogP contribution in [0, 0.1) is 6.92 Å². The monoisotopic (exact) mass is 445 g/mol. The van der Waals surface area contributed by atoms with Crippen molar-refractivity contribution in [2.24, 2.45) is 4.99 Å². The molecule has 5 heteroatoms. The molecule has 4 nitrogen and oxygen atoms in total. The van der Waals surface area contributed by atoms with Crippen LogP contribution in [0.4, 0.5) is 0 Å². The average molecular weight is 445 g/mol. The summed E-state index contributed by atoms with van der Waals surface area (Å²) >= 11 is 0. The van der Waals surface area contributed by atoms with Gasteiger partial charge in [0.2, 0.25) is 0 Å². The molecule has 2 rings (SSSR count). The zero-order valence-electron chi connectivity index (χ0n) is 15.1. The summed E-state index contributed by atoms with van der Waals surface area (Å²) in [6.07, 6.45) is 3.96. The minimum Gasteiger partial charge on any atom is -0.388 e. The molecule has 0 spiro atoms. The molecular weight excluding hydrogens is 413 g/mol. The van der Waals surface area contributed by atoms with E-state index in [0.29, 0.717) is 12.5 Å². The molecule has 136 valence electrons. The van der Waals surface area contributed by atoms with Gasteiger partial charge in [0.25, 0.3) is 0 Å². The highest BCUT2D eigenvalue weighted by Gasteiger charge is 2.30. The first-order chi connectivity index (χ1) is 11.0. The standard InChI is InChI=1S/C19H31N3O.HI/c1-4-20-18(22-14-19(23)11-5-6-12-19)21-13-16(3)17-9-7-15(2)8-10-17;/h7-10,16,23H,4-6,11-14H2,1-3H3,(H2,20,21,22);1H. The molecule has 0 heterocycles. The Balaban J connectivity index is 0.00000288. The van der Waals surface area contributed by atoms with Crippen molar-refractivity contribution in [3.63, 3.8) is 0 Å². The molecule has 1 aromatic rings. The van der Waals surface area contributed by atoms with Gasteiger partial charge < -0.3 is 15.7 Å². The third-order valence-electron chi connectivity index (χ3n) is 4.63. The molecule has 24 heavy (non-hydrogen) atoms. The predicted molar refractivity (Wildman–Crippen MR) is 112 cm³/mol. The Morgan fingerprint density at radius 2 is 1.83 bits per heavy atom. The van der Waals surface area contributed by atoms with Gasteiger partial charge in [-0.1, -0.05) is 49.6 Å². The van der Waals surface area contributed by atoms with Crippen molar-refractivity contribution in [1.82, 2.24) is 10.6 Å². The number of aryl methyl sites for hydroxylation is 1. The highest BCUT2D eigenvalue weighted by molar-refractivity contribution is 14.0. The molecule has 3 N–H and O–H groups in total. The van der Waals surface area contributed by atoms with E-state index < -0.39 is 5.60 Å². The van der Waals surface area contributed by atoms with E-state index in [-0.39, 0.29) is 24.0 Å². The minimum atomic E-state index is -0.592. The van der Waals surface area contributed by atoms with E-state index in [1.165, 1.54) is 11.1 Å². The molecule has 0 amide bonds. The summed E-state index contributed by atoms with van der Waals surface area (Å²) in [6.45, 7) is 8.52. The molecule has 1 atom stereocenters. The fraction of sp³-hybridized carbons (Fsp3) is 0.632. The second-order valence-corrected chi connectivity index (χ2v) is 6.82. The zero-order valence-corrected chi connectivity index (χ0v) is 17.5. The van der Waals surface area contributed by atoms with Gasteiger partial charge in [0.15, 0.2) is 5.96 Å². The molecule has 0 aromatic heterocycles. The topological polar surface area (TPSA) is 56.7 Å². The molecule has 1 aliphatic rings. The summed E-state index contributed by atoms with van der Waals surface area (Å²) in [6, 6.07) is 8.68. The maximum Gasteiger partial charge on any atom is 0.191 e. The van der Waals surface area contributed by atoms with Crippen LogP contribution < -0.4 is 10.6 Å². The van der Waals surface area contributed by atoms with Crippen LogP contribution in [0.25, 0.3) is 0 Å². The lowest BCUT2D eigenvalue weighted by molar-refractivity contribution is 0.0574. The summed E-state index contributed by atoms with van der Waals surface area (Å²) < 4.78 is 0. The Kier molecular flexibility index (Phi) is 9.05. The van der Waals surface area contributed by atoms with Gasteiger partial charge in [-0.3, -0.25) is 4.99 Å². The molecule has 1 aliphatic carbocycles. The van der Waals surface area contributed by atoms with E-state index in [1.54, 1.807) is 0 Å². The maximum absolute atomic E-state index is 10.4. The quantitative estimate of drug-likeness (QED) is 0.357. The largest absolute Gasteiger partial charge is 0.388 e. The molecule has 0 bridgehead atoms. The minimum absolute atomic E-state index is 0. The van der Waals surface area contributed by atoms with Gasteiger partial charge in [-0.15, -0.1) is 24.0 Å². The van der Waals surface area contributed by atoms with E-state index >= 15 is 0 Å². The lowest BCUT2D eigenvalue weighted by Crippen LogP contribution is -2.40. The number of benzene rings is 1. The van der Waals surface area contributed by atoms with Crippen molar-refractivity contribution in [3.8, 4) is 0 Å². The number of guanidine groups is 1. The van der Waals surface area contributed by atoms with E-state index in [9.17, 15) is 5.11 Å². The molecular formula is C19H32IN3O. The maximum atomic E-state index is 10.4. The molecule has 0 aliphatic heterocycles. The first kappa shape index (κ1) is 21.2. The van der Waals surface area contributed by atoms with Crippen LogP contribution in [0.5, 0.6) is 0 Å². The Labute approximate surface area is 163 Å². The molecule has 1 saturated carbocycles. The van der Waals surface area contributed by atoms with E-state index in [1.807, 2.05) is 0 Å². The summed E-state index contributed by atoms with van der Waals surface area (Å²) in [5, 5.41) is 17.1. The van der Waals surface area contributed by atoms with Crippen LogP contribution >= 0.6 is 24.0 Å². The van der Waals surface area contributed by atoms with E-state index in [0.717, 1.165) is 44.7 Å². The molecule has 1 fully saturated rings. The average Bonchev–Trinajstić information content (AvgIpc) is 2.97. The third kappa shape index (κ3) is 6.59. The lowest BCUT2D eigenvalue weighted by Gasteiger charge is -2.21.